The van der Waals surface area contributed by atoms with Crippen molar-refractivity contribution >= 4 is 0 Å². The zero-order chi connectivity index (χ0) is 14.2. The predicted molar refractivity (Wildman–Crippen MR) is 75.2 cm³/mol. The van der Waals surface area contributed by atoms with Gasteiger partial charge in [0.15, 0.2) is 5.79 Å². The maximum absolute atomic E-state index is 6.15. The Bertz CT molecular complexity index is 488. The monoisotopic (exact) mass is 275 g/mol. The Hall–Kier alpha value is -1.23. The second-order valence-electron chi connectivity index (χ2n) is 6.13. The molecule has 20 heavy (non-hydrogen) atoms. The highest BCUT2D eigenvalue weighted by Gasteiger charge is 2.53. The predicted octanol–water partition coefficient (Wildman–Crippen LogP) is 2.35. The molecule has 0 N–H and O–H groups in total. The van der Waals surface area contributed by atoms with Crippen LogP contribution in [0.15, 0.2) is 37.1 Å². The summed E-state index contributed by atoms with van der Waals surface area (Å²) in [6, 6.07) is 5.85. The molecule has 2 aliphatic rings. The summed E-state index contributed by atoms with van der Waals surface area (Å²) in [4.78, 5) is 4.34. The van der Waals surface area contributed by atoms with Gasteiger partial charge in [-0.05, 0) is 12.1 Å². The van der Waals surface area contributed by atoms with Crippen molar-refractivity contribution in [2.24, 2.45) is 5.41 Å². The number of ether oxygens (including phenoxy) is 3. The molecule has 0 amide bonds. The number of nitrogens with zero attached hydrogens (tertiary/aromatic N) is 1. The van der Waals surface area contributed by atoms with Crippen LogP contribution in [0.5, 0.6) is 0 Å². The zero-order valence-electron chi connectivity index (χ0n) is 12.0. The van der Waals surface area contributed by atoms with E-state index in [-0.39, 0.29) is 17.6 Å². The lowest BCUT2D eigenvalue weighted by Gasteiger charge is -2.41. The first-order valence-corrected chi connectivity index (χ1v) is 7.02. The first-order valence-electron chi connectivity index (χ1n) is 7.02. The van der Waals surface area contributed by atoms with E-state index in [1.54, 1.807) is 6.20 Å². The summed E-state index contributed by atoms with van der Waals surface area (Å²) >= 11 is 0. The molecule has 3 rings (SSSR count). The van der Waals surface area contributed by atoms with Gasteiger partial charge in [0.05, 0.1) is 12.7 Å². The highest BCUT2D eigenvalue weighted by Crippen LogP contribution is 2.40. The molecule has 2 bridgehead atoms. The van der Waals surface area contributed by atoms with Gasteiger partial charge >= 0.3 is 0 Å². The molecule has 4 heteroatoms. The normalized spacial score (nSPS) is 33.1. The summed E-state index contributed by atoms with van der Waals surface area (Å²) in [6.07, 6.45) is 4.27. The van der Waals surface area contributed by atoms with Crippen LogP contribution in [-0.2, 0) is 20.6 Å². The molecule has 2 fully saturated rings. The van der Waals surface area contributed by atoms with E-state index in [9.17, 15) is 0 Å². The van der Waals surface area contributed by atoms with Gasteiger partial charge in [0.1, 0.15) is 12.7 Å². The lowest BCUT2D eigenvalue weighted by molar-refractivity contribution is -0.267. The standard InChI is InChI=1S/C16H21NO3/c1-4-15(2,3)14-13-10-19-16(20-13,11-18-14)9-12-7-5-6-8-17-12/h4-8,13-14H,1,9-11H2,2-3H3/t13-,14+,16-/m0/s1. The van der Waals surface area contributed by atoms with Crippen LogP contribution in [0.25, 0.3) is 0 Å². The lowest BCUT2D eigenvalue weighted by atomic mass is 9.83. The molecule has 4 nitrogen and oxygen atoms in total. The largest absolute Gasteiger partial charge is 0.369 e. The zero-order valence-corrected chi connectivity index (χ0v) is 12.0. The van der Waals surface area contributed by atoms with Gasteiger partial charge in [-0.25, -0.2) is 0 Å². The molecule has 1 aromatic heterocycles. The summed E-state index contributed by atoms with van der Waals surface area (Å²) in [7, 11) is 0. The minimum absolute atomic E-state index is 0.0145. The SMILES string of the molecule is C=CC(C)(C)[C@@H]1OC[C@@]2(Cc3ccccn3)OC[C@@H]1O2. The molecule has 0 saturated carbocycles. The summed E-state index contributed by atoms with van der Waals surface area (Å²) < 4.78 is 18.1. The molecule has 3 heterocycles. The van der Waals surface area contributed by atoms with Crippen LogP contribution >= 0.6 is 0 Å². The van der Waals surface area contributed by atoms with Crippen molar-refractivity contribution in [3.63, 3.8) is 0 Å². The third-order valence-corrected chi connectivity index (χ3v) is 4.13. The molecule has 1 aromatic rings. The van der Waals surface area contributed by atoms with Crippen LogP contribution in [0, 0.1) is 5.41 Å². The van der Waals surface area contributed by atoms with Crippen LogP contribution in [-0.4, -0.2) is 36.2 Å². The number of pyridine rings is 1. The van der Waals surface area contributed by atoms with Crippen LogP contribution in [0.3, 0.4) is 0 Å². The summed E-state index contributed by atoms with van der Waals surface area (Å²) in [6.45, 7) is 9.10. The third kappa shape index (κ3) is 2.39. The van der Waals surface area contributed by atoms with Crippen LogP contribution in [0.2, 0.25) is 0 Å². The number of fused-ring (bicyclic) bond motifs is 2. The fourth-order valence-electron chi connectivity index (χ4n) is 2.86. The Morgan fingerprint density at radius 3 is 3.05 bits per heavy atom. The highest BCUT2D eigenvalue weighted by molar-refractivity contribution is 5.09. The van der Waals surface area contributed by atoms with Gasteiger partial charge < -0.3 is 14.2 Å². The molecule has 108 valence electrons. The van der Waals surface area contributed by atoms with Crippen LogP contribution in [0.4, 0.5) is 0 Å². The molecule has 0 aromatic carbocycles. The minimum atomic E-state index is -0.674. The Morgan fingerprint density at radius 2 is 2.35 bits per heavy atom. The molecular weight excluding hydrogens is 254 g/mol. The van der Waals surface area contributed by atoms with Crippen molar-refractivity contribution in [2.75, 3.05) is 13.2 Å². The molecule has 2 aliphatic heterocycles. The average Bonchev–Trinajstić information content (AvgIpc) is 2.76. The Labute approximate surface area is 119 Å². The van der Waals surface area contributed by atoms with E-state index in [1.165, 1.54) is 0 Å². The first kappa shape index (κ1) is 13.7. The van der Waals surface area contributed by atoms with Crippen molar-refractivity contribution < 1.29 is 14.2 Å². The molecule has 0 spiro atoms. The second-order valence-corrected chi connectivity index (χ2v) is 6.13. The van der Waals surface area contributed by atoms with E-state index in [0.717, 1.165) is 5.69 Å². The molecule has 2 saturated heterocycles. The van der Waals surface area contributed by atoms with Gasteiger partial charge in [0.2, 0.25) is 0 Å². The minimum Gasteiger partial charge on any atom is -0.369 e. The second kappa shape index (κ2) is 4.95. The summed E-state index contributed by atoms with van der Waals surface area (Å²) in [5.41, 5.74) is 0.827. The maximum Gasteiger partial charge on any atom is 0.198 e. The third-order valence-electron chi connectivity index (χ3n) is 4.13. The van der Waals surface area contributed by atoms with Gasteiger partial charge in [-0.2, -0.15) is 0 Å². The quantitative estimate of drug-likeness (QED) is 0.791. The molecule has 3 atom stereocenters. The van der Waals surface area contributed by atoms with Gasteiger partial charge in [0.25, 0.3) is 0 Å². The maximum atomic E-state index is 6.15. The van der Waals surface area contributed by atoms with Crippen LogP contribution < -0.4 is 0 Å². The van der Waals surface area contributed by atoms with Gasteiger partial charge in [-0.15, -0.1) is 6.58 Å². The molecule has 0 unspecified atom stereocenters. The number of hydrogen-bond acceptors (Lipinski definition) is 4. The van der Waals surface area contributed by atoms with E-state index in [0.29, 0.717) is 19.6 Å². The molecular formula is C16H21NO3. The lowest BCUT2D eigenvalue weighted by Crippen LogP contribution is -2.52. The average molecular weight is 275 g/mol. The van der Waals surface area contributed by atoms with Gasteiger partial charge in [-0.1, -0.05) is 26.0 Å². The van der Waals surface area contributed by atoms with Crippen LogP contribution in [0.1, 0.15) is 19.5 Å². The summed E-state index contributed by atoms with van der Waals surface area (Å²) in [5.74, 6) is -0.674. The fourth-order valence-corrected chi connectivity index (χ4v) is 2.86. The van der Waals surface area contributed by atoms with Gasteiger partial charge in [-0.3, -0.25) is 4.98 Å². The van der Waals surface area contributed by atoms with Gasteiger partial charge in [0, 0.05) is 23.7 Å². The van der Waals surface area contributed by atoms with Crippen molar-refractivity contribution in [2.45, 2.75) is 38.3 Å². The van der Waals surface area contributed by atoms with Crippen molar-refractivity contribution in [1.29, 1.82) is 0 Å². The molecule has 0 aliphatic carbocycles. The van der Waals surface area contributed by atoms with E-state index >= 15 is 0 Å². The van der Waals surface area contributed by atoms with E-state index in [1.807, 2.05) is 24.3 Å². The number of rotatable bonds is 4. The van der Waals surface area contributed by atoms with E-state index in [2.05, 4.69) is 25.4 Å². The number of aromatic nitrogens is 1. The van der Waals surface area contributed by atoms with E-state index in [4.69, 9.17) is 14.2 Å². The van der Waals surface area contributed by atoms with Crippen molar-refractivity contribution in [3.8, 4) is 0 Å². The van der Waals surface area contributed by atoms with Crippen molar-refractivity contribution in [1.82, 2.24) is 4.98 Å². The summed E-state index contributed by atoms with van der Waals surface area (Å²) in [5, 5.41) is 0. The van der Waals surface area contributed by atoms with Crippen molar-refractivity contribution in [3.05, 3.63) is 42.7 Å². The highest BCUT2D eigenvalue weighted by atomic mass is 16.8. The molecule has 0 radical (unpaired) electrons. The van der Waals surface area contributed by atoms with E-state index < -0.39 is 5.79 Å². The Morgan fingerprint density at radius 1 is 1.50 bits per heavy atom. The Kier molecular flexibility index (Phi) is 3.40. The fraction of sp³-hybridized carbons (Fsp3) is 0.562. The first-order chi connectivity index (χ1) is 9.55. The number of hydrogen-bond donors (Lipinski definition) is 0. The Balaban J connectivity index is 1.73. The topological polar surface area (TPSA) is 40.6 Å². The smallest absolute Gasteiger partial charge is 0.198 e.